The van der Waals surface area contributed by atoms with Crippen LogP contribution in [0.4, 0.5) is 0 Å². The Balaban J connectivity index is 1.58. The van der Waals surface area contributed by atoms with Crippen LogP contribution in [0.5, 0.6) is 17.2 Å². The van der Waals surface area contributed by atoms with E-state index >= 15 is 0 Å². The van der Waals surface area contributed by atoms with Crippen molar-refractivity contribution >= 4 is 10.8 Å². The van der Waals surface area contributed by atoms with Gasteiger partial charge in [-0.05, 0) is 67.2 Å². The summed E-state index contributed by atoms with van der Waals surface area (Å²) in [7, 11) is 0. The molecule has 1 heterocycles. The van der Waals surface area contributed by atoms with Crippen LogP contribution in [0.15, 0.2) is 60.7 Å². The van der Waals surface area contributed by atoms with Gasteiger partial charge >= 0.3 is 0 Å². The largest absolute Gasteiger partial charge is 0.507 e. The number of phenolic OH excluding ortho intramolecular Hbond substituents is 1. The molecule has 3 aromatic carbocycles. The predicted octanol–water partition coefficient (Wildman–Crippen LogP) is 4.47. The van der Waals surface area contributed by atoms with Crippen molar-refractivity contribution in [3.8, 4) is 17.2 Å². The van der Waals surface area contributed by atoms with E-state index in [0.29, 0.717) is 12.4 Å². The number of hydrogen-bond donors (Lipinski definition) is 2. The van der Waals surface area contributed by atoms with E-state index in [1.165, 1.54) is 5.56 Å². The molecule has 2 atom stereocenters. The van der Waals surface area contributed by atoms with Gasteiger partial charge in [0, 0.05) is 17.8 Å². The Morgan fingerprint density at radius 3 is 2.67 bits per heavy atom. The number of hydrogen-bond acceptors (Lipinski definition) is 4. The lowest BCUT2D eigenvalue weighted by molar-refractivity contribution is 0.138. The first-order valence-corrected chi connectivity index (χ1v) is 9.56. The summed E-state index contributed by atoms with van der Waals surface area (Å²) >= 11 is 0. The molecule has 0 bridgehead atoms. The molecule has 1 aliphatic rings. The molecule has 1 aliphatic heterocycles. The Hall–Kier alpha value is -2.72. The summed E-state index contributed by atoms with van der Waals surface area (Å²) < 4.78 is 11.8. The zero-order chi connectivity index (χ0) is 18.6. The second-order valence-electron chi connectivity index (χ2n) is 6.92. The van der Waals surface area contributed by atoms with Gasteiger partial charge in [0.25, 0.3) is 0 Å². The monoisotopic (exact) mass is 363 g/mol. The molecule has 4 rings (SSSR count). The highest BCUT2D eigenvalue weighted by Gasteiger charge is 2.28. The van der Waals surface area contributed by atoms with E-state index in [4.69, 9.17) is 9.47 Å². The molecule has 27 heavy (non-hydrogen) atoms. The van der Waals surface area contributed by atoms with Crippen LogP contribution in [-0.4, -0.2) is 30.9 Å². The van der Waals surface area contributed by atoms with Gasteiger partial charge in [0.2, 0.25) is 0 Å². The van der Waals surface area contributed by atoms with Crippen LogP contribution in [0.2, 0.25) is 0 Å². The SMILES string of the molecule is CCOc1ccc(OC2CCNCC2c2ccc3cccc(O)c3c2)cc1. The van der Waals surface area contributed by atoms with E-state index < -0.39 is 0 Å². The number of benzene rings is 3. The van der Waals surface area contributed by atoms with E-state index in [0.717, 1.165) is 41.8 Å². The smallest absolute Gasteiger partial charge is 0.123 e. The average molecular weight is 363 g/mol. The predicted molar refractivity (Wildman–Crippen MR) is 108 cm³/mol. The van der Waals surface area contributed by atoms with Gasteiger partial charge in [-0.25, -0.2) is 0 Å². The Morgan fingerprint density at radius 1 is 1.04 bits per heavy atom. The molecule has 1 saturated heterocycles. The molecule has 2 unspecified atom stereocenters. The quantitative estimate of drug-likeness (QED) is 0.702. The lowest BCUT2D eigenvalue weighted by Crippen LogP contribution is -2.41. The van der Waals surface area contributed by atoms with Gasteiger partial charge in [0.15, 0.2) is 0 Å². The van der Waals surface area contributed by atoms with Gasteiger partial charge in [0.05, 0.1) is 6.61 Å². The summed E-state index contributed by atoms with van der Waals surface area (Å²) in [5, 5.41) is 15.6. The molecule has 3 aromatic rings. The zero-order valence-corrected chi connectivity index (χ0v) is 15.5. The lowest BCUT2D eigenvalue weighted by atomic mass is 9.87. The minimum absolute atomic E-state index is 0.0903. The summed E-state index contributed by atoms with van der Waals surface area (Å²) in [5.41, 5.74) is 1.19. The Morgan fingerprint density at radius 2 is 1.85 bits per heavy atom. The standard InChI is InChI=1S/C23H25NO3/c1-2-26-18-8-10-19(11-9-18)27-23-12-13-24-15-21(23)17-7-6-16-4-3-5-22(25)20(16)14-17/h3-11,14,21,23-25H,2,12-13,15H2,1H3. The van der Waals surface area contributed by atoms with Crippen molar-refractivity contribution in [2.75, 3.05) is 19.7 Å². The average Bonchev–Trinajstić information content (AvgIpc) is 2.70. The molecule has 0 radical (unpaired) electrons. The molecule has 0 aliphatic carbocycles. The number of ether oxygens (including phenoxy) is 2. The molecule has 140 valence electrons. The van der Waals surface area contributed by atoms with Crippen molar-refractivity contribution in [3.63, 3.8) is 0 Å². The van der Waals surface area contributed by atoms with Gasteiger partial charge in [-0.3, -0.25) is 0 Å². The fraction of sp³-hybridized carbons (Fsp3) is 0.304. The molecular formula is C23H25NO3. The summed E-state index contributed by atoms with van der Waals surface area (Å²) in [6.07, 6.45) is 1.03. The second kappa shape index (κ2) is 7.89. The normalized spacial score (nSPS) is 19.7. The van der Waals surface area contributed by atoms with E-state index in [1.54, 1.807) is 6.07 Å². The molecule has 0 saturated carbocycles. The fourth-order valence-electron chi connectivity index (χ4n) is 3.77. The maximum Gasteiger partial charge on any atom is 0.123 e. The van der Waals surface area contributed by atoms with Crippen LogP contribution in [0, 0.1) is 0 Å². The molecule has 0 amide bonds. The van der Waals surface area contributed by atoms with Crippen LogP contribution < -0.4 is 14.8 Å². The maximum absolute atomic E-state index is 10.2. The Bertz CT molecular complexity index is 907. The highest BCUT2D eigenvalue weighted by molar-refractivity contribution is 5.88. The maximum atomic E-state index is 10.2. The van der Waals surface area contributed by atoms with Gasteiger partial charge in [-0.1, -0.05) is 24.3 Å². The molecule has 0 spiro atoms. The minimum atomic E-state index is 0.0903. The highest BCUT2D eigenvalue weighted by Crippen LogP contribution is 2.33. The highest BCUT2D eigenvalue weighted by atomic mass is 16.5. The topological polar surface area (TPSA) is 50.7 Å². The second-order valence-corrected chi connectivity index (χ2v) is 6.92. The van der Waals surface area contributed by atoms with Crippen molar-refractivity contribution in [2.45, 2.75) is 25.4 Å². The first kappa shape index (κ1) is 17.7. The minimum Gasteiger partial charge on any atom is -0.507 e. The first-order chi connectivity index (χ1) is 13.2. The summed E-state index contributed by atoms with van der Waals surface area (Å²) in [4.78, 5) is 0. The molecule has 4 nitrogen and oxygen atoms in total. The van der Waals surface area contributed by atoms with E-state index in [-0.39, 0.29) is 12.0 Å². The number of aromatic hydroxyl groups is 1. The summed E-state index contributed by atoms with van der Waals surface area (Å²) in [6.45, 7) is 4.44. The summed E-state index contributed by atoms with van der Waals surface area (Å²) in [6, 6.07) is 19.8. The van der Waals surface area contributed by atoms with Crippen molar-refractivity contribution in [2.24, 2.45) is 0 Å². The number of fused-ring (bicyclic) bond motifs is 1. The van der Waals surface area contributed by atoms with E-state index in [2.05, 4.69) is 23.5 Å². The van der Waals surface area contributed by atoms with Crippen LogP contribution >= 0.6 is 0 Å². The Kier molecular flexibility index (Phi) is 5.16. The molecule has 0 aromatic heterocycles. The third-order valence-electron chi connectivity index (χ3n) is 5.15. The van der Waals surface area contributed by atoms with Crippen LogP contribution in [0.1, 0.15) is 24.8 Å². The molecule has 4 heteroatoms. The Labute approximate surface area is 159 Å². The number of rotatable bonds is 5. The van der Waals surface area contributed by atoms with E-state index in [9.17, 15) is 5.11 Å². The molecular weight excluding hydrogens is 338 g/mol. The molecule has 2 N–H and O–H groups in total. The third kappa shape index (κ3) is 3.86. The lowest BCUT2D eigenvalue weighted by Gasteiger charge is -2.33. The number of piperidine rings is 1. The van der Waals surface area contributed by atoms with Crippen molar-refractivity contribution in [3.05, 3.63) is 66.2 Å². The fourth-order valence-corrected chi connectivity index (χ4v) is 3.77. The number of nitrogens with one attached hydrogen (secondary N) is 1. The van der Waals surface area contributed by atoms with Crippen molar-refractivity contribution < 1.29 is 14.6 Å². The third-order valence-corrected chi connectivity index (χ3v) is 5.15. The first-order valence-electron chi connectivity index (χ1n) is 9.56. The van der Waals surface area contributed by atoms with Gasteiger partial charge < -0.3 is 19.9 Å². The van der Waals surface area contributed by atoms with Crippen LogP contribution in [0.3, 0.4) is 0 Å². The van der Waals surface area contributed by atoms with Crippen LogP contribution in [-0.2, 0) is 0 Å². The zero-order valence-electron chi connectivity index (χ0n) is 15.5. The van der Waals surface area contributed by atoms with Crippen molar-refractivity contribution in [1.82, 2.24) is 5.32 Å². The van der Waals surface area contributed by atoms with E-state index in [1.807, 2.05) is 43.3 Å². The van der Waals surface area contributed by atoms with Gasteiger partial charge in [-0.2, -0.15) is 0 Å². The van der Waals surface area contributed by atoms with Gasteiger partial charge in [-0.15, -0.1) is 0 Å². The van der Waals surface area contributed by atoms with Crippen molar-refractivity contribution in [1.29, 1.82) is 0 Å². The number of phenols is 1. The summed E-state index contributed by atoms with van der Waals surface area (Å²) in [5.74, 6) is 2.27. The van der Waals surface area contributed by atoms with Gasteiger partial charge in [0.1, 0.15) is 23.4 Å². The van der Waals surface area contributed by atoms with Crippen LogP contribution in [0.25, 0.3) is 10.8 Å². The molecule has 1 fully saturated rings.